The summed E-state index contributed by atoms with van der Waals surface area (Å²) in [4.78, 5) is 0. The van der Waals surface area contributed by atoms with Crippen LogP contribution in [0.25, 0.3) is 0 Å². The van der Waals surface area contributed by atoms with E-state index < -0.39 is 74.6 Å². The molecule has 2 saturated heterocycles. The van der Waals surface area contributed by atoms with E-state index in [4.69, 9.17) is 24.4 Å². The fourth-order valence-electron chi connectivity index (χ4n) is 2.70. The highest BCUT2D eigenvalue weighted by atomic mass is 16.8. The van der Waals surface area contributed by atoms with E-state index in [0.29, 0.717) is 0 Å². The highest BCUT2D eigenvalue weighted by Gasteiger charge is 2.58. The van der Waals surface area contributed by atoms with E-state index in [-0.39, 0.29) is 0 Å². The summed E-state index contributed by atoms with van der Waals surface area (Å²) in [5.41, 5.74) is 0. The molecule has 2 fully saturated rings. The molecule has 2 aliphatic heterocycles. The van der Waals surface area contributed by atoms with Gasteiger partial charge in [0.1, 0.15) is 49.3 Å². The number of hydrogen-bond acceptors (Lipinski definition) is 11. The molecule has 0 aromatic rings. The third-order valence-corrected chi connectivity index (χ3v) is 4.08. The highest BCUT2D eigenvalue weighted by Crippen LogP contribution is 2.36. The van der Waals surface area contributed by atoms with Gasteiger partial charge in [0.15, 0.2) is 6.29 Å². The molecule has 2 aliphatic rings. The van der Waals surface area contributed by atoms with Gasteiger partial charge < -0.3 is 55.1 Å². The molecular formula is C12H22O11. The van der Waals surface area contributed by atoms with Gasteiger partial charge in [0.25, 0.3) is 0 Å². The van der Waals surface area contributed by atoms with Crippen molar-refractivity contribution in [2.24, 2.45) is 0 Å². The standard InChI is InChI=1S/C12H22O11/c13-1-4-6(16)8(18)9(11(20)21-4)23-12(3-15)10(19)7(17)5(2-14)22-12/h4-11,13-20H,1-3H2/t4-,5-,6-,7-,8+,9-,10+,11?,12-/m1/s1. The monoisotopic (exact) mass is 342 g/mol. The van der Waals surface area contributed by atoms with Gasteiger partial charge in [0.05, 0.1) is 13.2 Å². The van der Waals surface area contributed by atoms with Gasteiger partial charge in [-0.1, -0.05) is 0 Å². The molecule has 11 heteroatoms. The zero-order chi connectivity index (χ0) is 17.4. The molecular weight excluding hydrogens is 320 g/mol. The Morgan fingerprint density at radius 2 is 1.43 bits per heavy atom. The van der Waals surface area contributed by atoms with Gasteiger partial charge in [0.2, 0.25) is 5.79 Å². The molecule has 11 nitrogen and oxygen atoms in total. The van der Waals surface area contributed by atoms with Crippen molar-refractivity contribution in [1.82, 2.24) is 0 Å². The van der Waals surface area contributed by atoms with Crippen molar-refractivity contribution in [3.8, 4) is 0 Å². The second-order valence-corrected chi connectivity index (χ2v) is 5.56. The lowest BCUT2D eigenvalue weighted by Gasteiger charge is -2.43. The SMILES string of the molecule is OC[C@H]1O[C@](CO)(O[C@H]2C(O)O[C@H](CO)[C@@H](O)[C@@H]2O)[C@@H](O)[C@@H]1O. The average molecular weight is 342 g/mol. The Hall–Kier alpha value is -0.440. The van der Waals surface area contributed by atoms with Gasteiger partial charge in [-0.05, 0) is 0 Å². The first-order valence-corrected chi connectivity index (χ1v) is 7.05. The van der Waals surface area contributed by atoms with E-state index in [0.717, 1.165) is 0 Å². The van der Waals surface area contributed by atoms with Crippen molar-refractivity contribution >= 4 is 0 Å². The topological polar surface area (TPSA) is 190 Å². The first kappa shape index (κ1) is 18.9. The van der Waals surface area contributed by atoms with Gasteiger partial charge in [-0.3, -0.25) is 0 Å². The zero-order valence-corrected chi connectivity index (χ0v) is 12.0. The summed E-state index contributed by atoms with van der Waals surface area (Å²) in [5.74, 6) is -2.24. The molecule has 136 valence electrons. The Morgan fingerprint density at radius 1 is 0.826 bits per heavy atom. The van der Waals surface area contributed by atoms with Crippen LogP contribution < -0.4 is 0 Å². The fraction of sp³-hybridized carbons (Fsp3) is 1.00. The Labute approximate surface area is 130 Å². The van der Waals surface area contributed by atoms with Crippen LogP contribution in [0, 0.1) is 0 Å². The van der Waals surface area contributed by atoms with Crippen LogP contribution in [-0.2, 0) is 14.2 Å². The maximum atomic E-state index is 10.00. The number of hydrogen-bond donors (Lipinski definition) is 8. The molecule has 2 heterocycles. The van der Waals surface area contributed by atoms with Crippen molar-refractivity contribution in [2.75, 3.05) is 19.8 Å². The number of rotatable bonds is 5. The van der Waals surface area contributed by atoms with Crippen molar-refractivity contribution in [3.05, 3.63) is 0 Å². The van der Waals surface area contributed by atoms with Crippen molar-refractivity contribution in [1.29, 1.82) is 0 Å². The fourth-order valence-corrected chi connectivity index (χ4v) is 2.70. The lowest BCUT2D eigenvalue weighted by Crippen LogP contribution is -2.63. The molecule has 2 rings (SSSR count). The van der Waals surface area contributed by atoms with E-state index in [2.05, 4.69) is 0 Å². The normalized spacial score (nSPS) is 51.1. The molecule has 0 aromatic carbocycles. The minimum absolute atomic E-state index is 0.669. The van der Waals surface area contributed by atoms with Crippen LogP contribution in [0.5, 0.6) is 0 Å². The molecule has 8 N–H and O–H groups in total. The Kier molecular flexibility index (Phi) is 5.92. The van der Waals surface area contributed by atoms with E-state index >= 15 is 0 Å². The molecule has 23 heavy (non-hydrogen) atoms. The van der Waals surface area contributed by atoms with E-state index in [9.17, 15) is 30.6 Å². The van der Waals surface area contributed by atoms with Gasteiger partial charge in [0, 0.05) is 0 Å². The Bertz CT molecular complexity index is 395. The summed E-state index contributed by atoms with van der Waals surface area (Å²) in [7, 11) is 0. The maximum Gasteiger partial charge on any atom is 0.222 e. The van der Waals surface area contributed by atoms with Crippen LogP contribution in [0.1, 0.15) is 0 Å². The molecule has 0 saturated carbocycles. The Balaban J connectivity index is 2.18. The number of ether oxygens (including phenoxy) is 3. The van der Waals surface area contributed by atoms with Gasteiger partial charge in [-0.25, -0.2) is 0 Å². The summed E-state index contributed by atoms with van der Waals surface area (Å²) < 4.78 is 15.2. The number of aliphatic hydroxyl groups excluding tert-OH is 8. The minimum atomic E-state index is -2.24. The maximum absolute atomic E-state index is 10.00. The zero-order valence-electron chi connectivity index (χ0n) is 12.0. The summed E-state index contributed by atoms with van der Waals surface area (Å²) in [6, 6.07) is 0. The minimum Gasteiger partial charge on any atom is -0.394 e. The van der Waals surface area contributed by atoms with Gasteiger partial charge in [-0.15, -0.1) is 0 Å². The largest absolute Gasteiger partial charge is 0.394 e. The Morgan fingerprint density at radius 3 is 1.91 bits per heavy atom. The third kappa shape index (κ3) is 3.23. The van der Waals surface area contributed by atoms with Crippen LogP contribution in [0.2, 0.25) is 0 Å². The molecule has 9 atom stereocenters. The first-order valence-electron chi connectivity index (χ1n) is 7.05. The molecule has 0 aromatic heterocycles. The predicted octanol–water partition coefficient (Wildman–Crippen LogP) is -5.40. The van der Waals surface area contributed by atoms with E-state index in [1.54, 1.807) is 0 Å². The van der Waals surface area contributed by atoms with E-state index in [1.807, 2.05) is 0 Å². The lowest BCUT2D eigenvalue weighted by atomic mass is 9.98. The average Bonchev–Trinajstić information content (AvgIpc) is 2.80. The lowest BCUT2D eigenvalue weighted by molar-refractivity contribution is -0.366. The van der Waals surface area contributed by atoms with Gasteiger partial charge >= 0.3 is 0 Å². The van der Waals surface area contributed by atoms with Crippen LogP contribution in [-0.4, -0.2) is 115 Å². The second-order valence-electron chi connectivity index (χ2n) is 5.56. The molecule has 0 bridgehead atoms. The quantitative estimate of drug-likeness (QED) is 0.238. The van der Waals surface area contributed by atoms with Crippen molar-refractivity contribution in [3.63, 3.8) is 0 Å². The summed E-state index contributed by atoms with van der Waals surface area (Å²) >= 11 is 0. The van der Waals surface area contributed by atoms with Crippen LogP contribution in [0.4, 0.5) is 0 Å². The van der Waals surface area contributed by atoms with Crippen molar-refractivity contribution < 1.29 is 55.1 Å². The van der Waals surface area contributed by atoms with Crippen LogP contribution in [0.3, 0.4) is 0 Å². The summed E-state index contributed by atoms with van der Waals surface area (Å²) in [5, 5.41) is 76.9. The second kappa shape index (κ2) is 7.21. The summed E-state index contributed by atoms with van der Waals surface area (Å²) in [6.45, 7) is -2.32. The molecule has 0 radical (unpaired) electrons. The first-order chi connectivity index (χ1) is 10.8. The van der Waals surface area contributed by atoms with Crippen LogP contribution >= 0.6 is 0 Å². The smallest absolute Gasteiger partial charge is 0.222 e. The molecule has 0 amide bonds. The predicted molar refractivity (Wildman–Crippen MR) is 68.6 cm³/mol. The molecule has 1 unspecified atom stereocenters. The van der Waals surface area contributed by atoms with Crippen LogP contribution in [0.15, 0.2) is 0 Å². The third-order valence-electron chi connectivity index (χ3n) is 4.08. The van der Waals surface area contributed by atoms with Gasteiger partial charge in [-0.2, -0.15) is 0 Å². The summed E-state index contributed by atoms with van der Waals surface area (Å²) in [6.07, 6.45) is -12.7. The molecule has 0 spiro atoms. The number of aliphatic hydroxyl groups is 8. The molecule has 0 aliphatic carbocycles. The van der Waals surface area contributed by atoms with E-state index in [1.165, 1.54) is 0 Å². The van der Waals surface area contributed by atoms with Crippen molar-refractivity contribution in [2.45, 2.75) is 54.8 Å². The highest BCUT2D eigenvalue weighted by molar-refractivity contribution is 4.99.